The quantitative estimate of drug-likeness (QED) is 0.488. The van der Waals surface area contributed by atoms with E-state index < -0.39 is 11.9 Å². The predicted octanol–water partition coefficient (Wildman–Crippen LogP) is 3.18. The van der Waals surface area contributed by atoms with Gasteiger partial charge in [-0.15, -0.1) is 0 Å². The summed E-state index contributed by atoms with van der Waals surface area (Å²) in [4.78, 5) is 38.8. The second-order valence-corrected chi connectivity index (χ2v) is 7.68. The van der Waals surface area contributed by atoms with Crippen molar-refractivity contribution in [1.82, 2.24) is 10.2 Å². The maximum atomic E-state index is 13.0. The number of hydrogen-bond acceptors (Lipinski definition) is 4. The highest BCUT2D eigenvalue weighted by molar-refractivity contribution is 5.91. The average Bonchev–Trinajstić information content (AvgIpc) is 2.84. The van der Waals surface area contributed by atoms with E-state index in [-0.39, 0.29) is 31.5 Å². The number of carbonyl (C=O) groups excluding carboxylic acids is 3. The number of nitrogens with one attached hydrogen (secondary N) is 1. The van der Waals surface area contributed by atoms with Gasteiger partial charge in [-0.2, -0.15) is 0 Å². The Bertz CT molecular complexity index is 1000. The van der Waals surface area contributed by atoms with Crippen molar-refractivity contribution in [2.24, 2.45) is 0 Å². The zero-order valence-electron chi connectivity index (χ0n) is 18.6. The van der Waals surface area contributed by atoms with Crippen molar-refractivity contribution in [2.45, 2.75) is 12.3 Å². The van der Waals surface area contributed by atoms with Crippen molar-refractivity contribution >= 4 is 17.8 Å². The van der Waals surface area contributed by atoms with Gasteiger partial charge in [0.25, 0.3) is 0 Å². The Hall–Kier alpha value is -3.93. The van der Waals surface area contributed by atoms with Crippen LogP contribution in [0, 0.1) is 0 Å². The zero-order chi connectivity index (χ0) is 23.5. The van der Waals surface area contributed by atoms with Gasteiger partial charge in [0, 0.05) is 13.5 Å². The van der Waals surface area contributed by atoms with Crippen LogP contribution in [0.5, 0.6) is 0 Å². The largest absolute Gasteiger partial charge is 0.464 e. The molecule has 6 nitrogen and oxygen atoms in total. The van der Waals surface area contributed by atoms with Gasteiger partial charge >= 0.3 is 5.97 Å². The molecule has 3 rings (SSSR count). The van der Waals surface area contributed by atoms with E-state index in [0.29, 0.717) is 6.42 Å². The van der Waals surface area contributed by atoms with Gasteiger partial charge in [0.1, 0.15) is 6.54 Å². The molecule has 0 aliphatic rings. The summed E-state index contributed by atoms with van der Waals surface area (Å²) in [5.74, 6) is -1.67. The van der Waals surface area contributed by atoms with E-state index in [4.69, 9.17) is 4.74 Å². The molecule has 33 heavy (non-hydrogen) atoms. The first-order valence-corrected chi connectivity index (χ1v) is 10.9. The smallest absolute Gasteiger partial charge is 0.325 e. The van der Waals surface area contributed by atoms with Crippen LogP contribution in [0.3, 0.4) is 0 Å². The Kier molecular flexibility index (Phi) is 8.77. The molecule has 0 radical (unpaired) electrons. The predicted molar refractivity (Wildman–Crippen MR) is 126 cm³/mol. The minimum atomic E-state index is -0.534. The summed E-state index contributed by atoms with van der Waals surface area (Å²) < 4.78 is 5.23. The lowest BCUT2D eigenvalue weighted by atomic mass is 9.90. The fourth-order valence-electron chi connectivity index (χ4n) is 3.44. The van der Waals surface area contributed by atoms with Crippen LogP contribution in [0.15, 0.2) is 91.0 Å². The Morgan fingerprint density at radius 2 is 1.33 bits per heavy atom. The zero-order valence-corrected chi connectivity index (χ0v) is 18.6. The van der Waals surface area contributed by atoms with Crippen molar-refractivity contribution in [3.05, 3.63) is 108 Å². The minimum absolute atomic E-state index is 0.176. The fourth-order valence-corrected chi connectivity index (χ4v) is 3.44. The molecule has 0 aliphatic heterocycles. The molecule has 0 aliphatic carbocycles. The summed E-state index contributed by atoms with van der Waals surface area (Å²) in [6, 6.07) is 28.5. The van der Waals surface area contributed by atoms with Crippen LogP contribution in [0.1, 0.15) is 22.6 Å². The lowest BCUT2D eigenvalue weighted by molar-refractivity contribution is -0.148. The van der Waals surface area contributed by atoms with Gasteiger partial charge in [-0.1, -0.05) is 91.0 Å². The molecule has 0 atom stereocenters. The molecule has 0 fully saturated rings. The number of benzene rings is 3. The number of likely N-dealkylation sites (N-methyl/N-ethyl adjacent to an activating group) is 1. The molecule has 2 amide bonds. The highest BCUT2D eigenvalue weighted by atomic mass is 16.5. The van der Waals surface area contributed by atoms with E-state index in [2.05, 4.69) is 5.32 Å². The number of esters is 1. The summed E-state index contributed by atoms with van der Waals surface area (Å²) in [5.41, 5.74) is 2.75. The molecule has 0 saturated heterocycles. The molecule has 6 heteroatoms. The first kappa shape index (κ1) is 23.7. The van der Waals surface area contributed by atoms with Crippen LogP contribution in [0.4, 0.5) is 0 Å². The van der Waals surface area contributed by atoms with E-state index in [1.54, 1.807) is 0 Å². The lowest BCUT2D eigenvalue weighted by Crippen LogP contribution is -2.42. The minimum Gasteiger partial charge on any atom is -0.464 e. The van der Waals surface area contributed by atoms with Crippen molar-refractivity contribution in [1.29, 1.82) is 0 Å². The molecular formula is C27H28N2O4. The molecule has 0 unspecified atom stereocenters. The monoisotopic (exact) mass is 444 g/mol. The van der Waals surface area contributed by atoms with Gasteiger partial charge in [-0.05, 0) is 16.7 Å². The number of ether oxygens (including phenoxy) is 1. The Labute approximate surface area is 194 Å². The van der Waals surface area contributed by atoms with E-state index in [0.717, 1.165) is 16.7 Å². The standard InChI is InChI=1S/C27H28N2O4/c1-29(20-25(31)33-18-17-21-11-5-2-6-12-21)24(30)19-28-27(32)26(22-13-7-3-8-14-22)23-15-9-4-10-16-23/h2-16,26H,17-20H2,1H3,(H,28,32). The molecular weight excluding hydrogens is 416 g/mol. The first-order chi connectivity index (χ1) is 16.0. The van der Waals surface area contributed by atoms with Gasteiger partial charge in [-0.3, -0.25) is 14.4 Å². The fraction of sp³-hybridized carbons (Fsp3) is 0.222. The lowest BCUT2D eigenvalue weighted by Gasteiger charge is -2.20. The summed E-state index contributed by atoms with van der Waals surface area (Å²) in [5, 5.41) is 2.72. The molecule has 0 saturated carbocycles. The van der Waals surface area contributed by atoms with Gasteiger partial charge in [0.15, 0.2) is 0 Å². The van der Waals surface area contributed by atoms with Crippen molar-refractivity contribution in [3.63, 3.8) is 0 Å². The Morgan fingerprint density at radius 1 is 0.818 bits per heavy atom. The Balaban J connectivity index is 1.49. The van der Waals surface area contributed by atoms with Crippen molar-refractivity contribution in [3.8, 4) is 0 Å². The number of carbonyl (C=O) groups is 3. The molecule has 3 aromatic rings. The summed E-state index contributed by atoms with van der Waals surface area (Å²) >= 11 is 0. The van der Waals surface area contributed by atoms with Crippen LogP contribution in [0.25, 0.3) is 0 Å². The van der Waals surface area contributed by atoms with Crippen LogP contribution in [-0.2, 0) is 25.5 Å². The van der Waals surface area contributed by atoms with E-state index >= 15 is 0 Å². The van der Waals surface area contributed by atoms with E-state index in [1.807, 2.05) is 91.0 Å². The molecule has 0 spiro atoms. The van der Waals surface area contributed by atoms with Gasteiger partial charge in [0.05, 0.1) is 19.1 Å². The maximum Gasteiger partial charge on any atom is 0.325 e. The molecule has 0 heterocycles. The first-order valence-electron chi connectivity index (χ1n) is 10.9. The molecule has 3 aromatic carbocycles. The molecule has 0 aromatic heterocycles. The topological polar surface area (TPSA) is 75.7 Å². The third-order valence-corrected chi connectivity index (χ3v) is 5.23. The summed E-state index contributed by atoms with van der Waals surface area (Å²) in [7, 11) is 1.51. The summed E-state index contributed by atoms with van der Waals surface area (Å²) in [6.45, 7) is -0.134. The number of nitrogens with zero attached hydrogens (tertiary/aromatic N) is 1. The Morgan fingerprint density at radius 3 is 1.88 bits per heavy atom. The van der Waals surface area contributed by atoms with E-state index in [1.165, 1.54) is 11.9 Å². The molecule has 0 bridgehead atoms. The normalized spacial score (nSPS) is 10.5. The van der Waals surface area contributed by atoms with Gasteiger partial charge in [0.2, 0.25) is 11.8 Å². The van der Waals surface area contributed by atoms with Gasteiger partial charge in [-0.25, -0.2) is 0 Å². The van der Waals surface area contributed by atoms with Crippen molar-refractivity contribution < 1.29 is 19.1 Å². The average molecular weight is 445 g/mol. The van der Waals surface area contributed by atoms with Crippen LogP contribution < -0.4 is 5.32 Å². The highest BCUT2D eigenvalue weighted by Crippen LogP contribution is 2.24. The maximum absolute atomic E-state index is 13.0. The highest BCUT2D eigenvalue weighted by Gasteiger charge is 2.23. The number of rotatable bonds is 10. The van der Waals surface area contributed by atoms with Crippen LogP contribution >= 0.6 is 0 Å². The summed E-state index contributed by atoms with van der Waals surface area (Å²) in [6.07, 6.45) is 0.612. The van der Waals surface area contributed by atoms with Crippen molar-refractivity contribution in [2.75, 3.05) is 26.7 Å². The van der Waals surface area contributed by atoms with Crippen LogP contribution in [-0.4, -0.2) is 49.4 Å². The molecule has 170 valence electrons. The van der Waals surface area contributed by atoms with E-state index in [9.17, 15) is 14.4 Å². The third kappa shape index (κ3) is 7.31. The SMILES string of the molecule is CN(CC(=O)OCCc1ccccc1)C(=O)CNC(=O)C(c1ccccc1)c1ccccc1. The third-order valence-electron chi connectivity index (χ3n) is 5.23. The molecule has 1 N–H and O–H groups in total. The second kappa shape index (κ2) is 12.2. The van der Waals surface area contributed by atoms with Crippen LogP contribution in [0.2, 0.25) is 0 Å². The second-order valence-electron chi connectivity index (χ2n) is 7.68. The number of amides is 2. The number of hydrogen-bond donors (Lipinski definition) is 1. The van der Waals surface area contributed by atoms with Gasteiger partial charge < -0.3 is 15.0 Å².